The van der Waals surface area contributed by atoms with Crippen LogP contribution in [0.1, 0.15) is 177 Å². The minimum absolute atomic E-state index is 0. The maximum atomic E-state index is 14.4. The summed E-state index contributed by atoms with van der Waals surface area (Å²) in [5.41, 5.74) is 10.8. The summed E-state index contributed by atoms with van der Waals surface area (Å²) in [6.45, 7) is 8.35. The summed E-state index contributed by atoms with van der Waals surface area (Å²) in [6.07, 6.45) is 21.8. The van der Waals surface area contributed by atoms with Crippen molar-refractivity contribution in [3.63, 3.8) is 0 Å². The SMILES string of the molecule is C.COC(=O)C(Br)c1cc(F)ccc1[C@@H]1CCCCO1.COC(=O)C(c1cc(F)ccc1[C@@H]1CCCCO1)N1CC[C@@H](CCOCCc2ccc3c(n2)CCCC3)C1.Cl.c1cc2c(nc1CCOCC[C@@H]1CCNC1)CCCC2. The molecule has 12 nitrogen and oxygen atoms in total. The number of fused-ring (bicyclic) bond motifs is 2. The molecule has 79 heavy (non-hydrogen) atoms. The highest BCUT2D eigenvalue weighted by Gasteiger charge is 2.37. The van der Waals surface area contributed by atoms with E-state index in [1.807, 2.05) is 0 Å². The minimum Gasteiger partial charge on any atom is -0.468 e. The second kappa shape index (κ2) is 33.9. The molecule has 2 unspecified atom stereocenters. The van der Waals surface area contributed by atoms with Gasteiger partial charge in [0.15, 0.2) is 0 Å². The van der Waals surface area contributed by atoms with Crippen molar-refractivity contribution < 1.29 is 46.8 Å². The highest BCUT2D eigenvalue weighted by atomic mass is 79.9. The number of rotatable bonds is 19. The first-order valence-electron chi connectivity index (χ1n) is 28.8. The van der Waals surface area contributed by atoms with E-state index in [-0.39, 0.29) is 49.6 Å². The average Bonchev–Trinajstić information content (AvgIpc) is 4.19. The van der Waals surface area contributed by atoms with Gasteiger partial charge in [0.25, 0.3) is 0 Å². The quantitative estimate of drug-likeness (QED) is 0.0545. The summed E-state index contributed by atoms with van der Waals surface area (Å²) >= 11 is 3.27. The third-order valence-electron chi connectivity index (χ3n) is 16.2. The van der Waals surface area contributed by atoms with Crippen LogP contribution in [0.4, 0.5) is 8.78 Å². The van der Waals surface area contributed by atoms with Crippen molar-refractivity contribution >= 4 is 40.3 Å². The van der Waals surface area contributed by atoms with Crippen LogP contribution in [0.15, 0.2) is 60.7 Å². The van der Waals surface area contributed by atoms with Gasteiger partial charge in [-0.2, -0.15) is 0 Å². The van der Waals surface area contributed by atoms with Gasteiger partial charge in [-0.15, -0.1) is 12.4 Å². The molecular formula is C63H88BrClF2N4O8. The third-order valence-corrected chi connectivity index (χ3v) is 17.1. The van der Waals surface area contributed by atoms with Crippen molar-refractivity contribution in [2.24, 2.45) is 11.8 Å². The van der Waals surface area contributed by atoms with Crippen LogP contribution in [0.5, 0.6) is 0 Å². The van der Waals surface area contributed by atoms with Gasteiger partial charge in [-0.25, -0.2) is 13.6 Å². The van der Waals surface area contributed by atoms with Gasteiger partial charge < -0.3 is 33.7 Å². The van der Waals surface area contributed by atoms with Crippen LogP contribution in [0.25, 0.3) is 0 Å². The molecule has 1 N–H and O–H groups in total. The fraction of sp³-hybridized carbons (Fsp3) is 0.619. The number of nitrogens with one attached hydrogen (secondary N) is 1. The van der Waals surface area contributed by atoms with Crippen LogP contribution >= 0.6 is 28.3 Å². The summed E-state index contributed by atoms with van der Waals surface area (Å²) in [6, 6.07) is 17.4. The predicted octanol–water partition coefficient (Wildman–Crippen LogP) is 12.8. The van der Waals surface area contributed by atoms with Crippen LogP contribution in [0, 0.1) is 23.5 Å². The lowest BCUT2D eigenvalue weighted by molar-refractivity contribution is -0.147. The van der Waals surface area contributed by atoms with Gasteiger partial charge in [0.05, 0.1) is 39.6 Å². The number of hydrogen-bond donors (Lipinski definition) is 1. The molecule has 436 valence electrons. The Bertz CT molecular complexity index is 2490. The number of carbonyl (C=O) groups excluding carboxylic acids is 2. The fourth-order valence-corrected chi connectivity index (χ4v) is 12.4. The van der Waals surface area contributed by atoms with Gasteiger partial charge in [-0.3, -0.25) is 19.7 Å². The topological polar surface area (TPSA) is 131 Å². The first-order chi connectivity index (χ1) is 37.7. The summed E-state index contributed by atoms with van der Waals surface area (Å²) < 4.78 is 61.2. The first kappa shape index (κ1) is 64.2. The molecule has 0 amide bonds. The zero-order chi connectivity index (χ0) is 53.8. The summed E-state index contributed by atoms with van der Waals surface area (Å²) in [5, 5.41) is 3.40. The van der Waals surface area contributed by atoms with E-state index in [0.29, 0.717) is 43.5 Å². The molecule has 2 aliphatic carbocycles. The number of esters is 2. The Morgan fingerprint density at radius 2 is 1.19 bits per heavy atom. The summed E-state index contributed by atoms with van der Waals surface area (Å²) in [5.74, 6) is -0.248. The highest BCUT2D eigenvalue weighted by Crippen LogP contribution is 2.39. The lowest BCUT2D eigenvalue weighted by Crippen LogP contribution is -2.34. The number of alkyl halides is 1. The molecule has 6 atom stereocenters. The number of aryl methyl sites for hydroxylation is 4. The van der Waals surface area contributed by atoms with E-state index in [2.05, 4.69) is 50.4 Å². The number of benzene rings is 2. The monoisotopic (exact) mass is 1180 g/mol. The zero-order valence-corrected chi connectivity index (χ0v) is 48.5. The second-order valence-corrected chi connectivity index (χ2v) is 22.5. The number of carbonyl (C=O) groups is 2. The Balaban J connectivity index is 0.000000208. The molecule has 4 aromatic rings. The lowest BCUT2D eigenvalue weighted by atomic mass is 9.92. The van der Waals surface area contributed by atoms with Gasteiger partial charge in [0.1, 0.15) is 22.5 Å². The molecule has 0 radical (unpaired) electrons. The molecule has 0 spiro atoms. The normalized spacial score (nSPS) is 21.5. The molecule has 6 aliphatic rings. The molecule has 4 fully saturated rings. The fourth-order valence-electron chi connectivity index (χ4n) is 11.8. The number of halogens is 4. The van der Waals surface area contributed by atoms with Gasteiger partial charge >= 0.3 is 11.9 Å². The molecule has 0 bridgehead atoms. The van der Waals surface area contributed by atoms with Crippen molar-refractivity contribution in [2.75, 3.05) is 80.0 Å². The molecule has 2 aromatic carbocycles. The Hall–Kier alpha value is -3.93. The number of methoxy groups -OCH3 is 2. The van der Waals surface area contributed by atoms with Crippen molar-refractivity contribution in [2.45, 2.75) is 159 Å². The molecular weight excluding hydrogens is 1090 g/mol. The molecule has 2 aromatic heterocycles. The average molecular weight is 1180 g/mol. The van der Waals surface area contributed by atoms with Crippen molar-refractivity contribution in [3.8, 4) is 0 Å². The maximum Gasteiger partial charge on any atom is 0.327 e. The number of hydrogen-bond acceptors (Lipinski definition) is 12. The van der Waals surface area contributed by atoms with Crippen LogP contribution in [0.3, 0.4) is 0 Å². The molecule has 10 rings (SSSR count). The molecule has 4 saturated heterocycles. The predicted molar refractivity (Wildman–Crippen MR) is 311 cm³/mol. The van der Waals surface area contributed by atoms with E-state index in [1.54, 1.807) is 12.1 Å². The van der Waals surface area contributed by atoms with Crippen LogP contribution in [-0.4, -0.2) is 107 Å². The van der Waals surface area contributed by atoms with E-state index in [0.717, 1.165) is 126 Å². The third kappa shape index (κ3) is 19.1. The molecule has 0 saturated carbocycles. The van der Waals surface area contributed by atoms with Gasteiger partial charge in [-0.05, 0) is 217 Å². The van der Waals surface area contributed by atoms with Crippen molar-refractivity contribution in [1.29, 1.82) is 0 Å². The number of aromatic nitrogens is 2. The number of ether oxygens (including phenoxy) is 6. The highest BCUT2D eigenvalue weighted by molar-refractivity contribution is 9.09. The van der Waals surface area contributed by atoms with Crippen LogP contribution in [0.2, 0.25) is 0 Å². The van der Waals surface area contributed by atoms with Crippen LogP contribution in [-0.2, 0) is 76.5 Å². The molecule has 6 heterocycles. The number of likely N-dealkylation sites (tertiary alicyclic amines) is 1. The Morgan fingerprint density at radius 3 is 1.71 bits per heavy atom. The second-order valence-electron chi connectivity index (χ2n) is 21.6. The van der Waals surface area contributed by atoms with E-state index < -0.39 is 16.8 Å². The Labute approximate surface area is 484 Å². The van der Waals surface area contributed by atoms with E-state index in [9.17, 15) is 18.4 Å². The van der Waals surface area contributed by atoms with Crippen LogP contribution < -0.4 is 5.32 Å². The van der Waals surface area contributed by atoms with Gasteiger partial charge in [0.2, 0.25) is 0 Å². The Morgan fingerprint density at radius 1 is 0.658 bits per heavy atom. The number of nitrogens with zero attached hydrogens (tertiary/aromatic N) is 3. The summed E-state index contributed by atoms with van der Waals surface area (Å²) in [7, 11) is 2.72. The van der Waals surface area contributed by atoms with Crippen molar-refractivity contribution in [3.05, 3.63) is 128 Å². The van der Waals surface area contributed by atoms with E-state index in [1.165, 1.54) is 131 Å². The molecule has 16 heteroatoms. The number of pyridine rings is 2. The lowest BCUT2D eigenvalue weighted by Gasteiger charge is -2.31. The summed E-state index contributed by atoms with van der Waals surface area (Å²) in [4.78, 5) is 35.8. The van der Waals surface area contributed by atoms with Gasteiger partial charge in [-0.1, -0.05) is 47.6 Å². The van der Waals surface area contributed by atoms with Gasteiger partial charge in [0, 0.05) is 68.6 Å². The first-order valence-corrected chi connectivity index (χ1v) is 29.8. The van der Waals surface area contributed by atoms with E-state index in [4.69, 9.17) is 38.4 Å². The maximum absolute atomic E-state index is 14.4. The Kier molecular flexibility index (Phi) is 27.5. The van der Waals surface area contributed by atoms with E-state index >= 15 is 0 Å². The smallest absolute Gasteiger partial charge is 0.327 e. The standard InChI is InChI=1S/C31H41FN2O4.C17H26N2O.C14H16BrFO3.CH4.ClH/c1-36-31(35)30(27-20-24(32)10-12-26(27)29-8-4-5-17-38-29)34-16-13-22(21-34)14-18-37-19-15-25-11-9-23-6-2-3-7-28(23)33-25;1-2-4-17-15(3-1)5-6-16(19-17)9-12-20-11-8-14-7-10-18-13-14;1-18-14(17)13(15)11-8-9(16)5-6-10(11)12-4-2-3-7-19-12;;/h9-12,20,22,29-30H,2-8,13-19,21H2,1H3;5-6,14,18H,1-4,7-13H2;5-6,8,12-13H,2-4,7H2,1H3;1H4;1H/t22-,29-,30?;14-;12-,13?;;/m000../s1. The molecule has 4 aliphatic heterocycles. The minimum atomic E-state index is -0.672. The van der Waals surface area contributed by atoms with Crippen molar-refractivity contribution in [1.82, 2.24) is 20.2 Å². The zero-order valence-electron chi connectivity index (χ0n) is 46.1. The largest absolute Gasteiger partial charge is 0.468 e.